The first-order valence-corrected chi connectivity index (χ1v) is 15.7. The van der Waals surface area contributed by atoms with Gasteiger partial charge in [-0.1, -0.05) is 133 Å². The summed E-state index contributed by atoms with van der Waals surface area (Å²) in [4.78, 5) is 0. The Hall–Kier alpha value is -5.24. The predicted octanol–water partition coefficient (Wildman–Crippen LogP) is 12.5. The van der Waals surface area contributed by atoms with Gasteiger partial charge in [-0.3, -0.25) is 0 Å². The fourth-order valence-corrected chi connectivity index (χ4v) is 8.88. The summed E-state index contributed by atoms with van der Waals surface area (Å²) in [5.74, 6) is 0. The number of hydrogen-bond acceptors (Lipinski definition) is 1. The van der Waals surface area contributed by atoms with Crippen LogP contribution in [0.1, 0.15) is 0 Å². The van der Waals surface area contributed by atoms with Crippen molar-refractivity contribution in [1.29, 1.82) is 0 Å². The molecular formula is C42H24S. The minimum Gasteiger partial charge on any atom is -0.135 e. The lowest BCUT2D eigenvalue weighted by molar-refractivity contribution is 1.66. The first-order valence-electron chi connectivity index (χ1n) is 14.9. The van der Waals surface area contributed by atoms with Crippen molar-refractivity contribution in [3.8, 4) is 44.5 Å². The van der Waals surface area contributed by atoms with Crippen molar-refractivity contribution in [2.75, 3.05) is 0 Å². The third-order valence-electron chi connectivity index (χ3n) is 9.41. The molecule has 8 aromatic carbocycles. The summed E-state index contributed by atoms with van der Waals surface area (Å²) in [6, 6.07) is 54.1. The van der Waals surface area contributed by atoms with Gasteiger partial charge in [-0.05, 0) is 89.0 Å². The van der Waals surface area contributed by atoms with Gasteiger partial charge in [-0.2, -0.15) is 0 Å². The quantitative estimate of drug-likeness (QED) is 0.184. The lowest BCUT2D eigenvalue weighted by Gasteiger charge is -2.20. The normalized spacial score (nSPS) is 12.2. The average molecular weight is 561 g/mol. The van der Waals surface area contributed by atoms with Crippen LogP contribution in [-0.4, -0.2) is 0 Å². The molecule has 0 aliphatic heterocycles. The summed E-state index contributed by atoms with van der Waals surface area (Å²) < 4.78 is 2.72. The van der Waals surface area contributed by atoms with Crippen molar-refractivity contribution >= 4 is 63.8 Å². The predicted molar refractivity (Wildman–Crippen MR) is 187 cm³/mol. The van der Waals surface area contributed by atoms with Gasteiger partial charge >= 0.3 is 0 Å². The summed E-state index contributed by atoms with van der Waals surface area (Å²) in [5, 5.41) is 10.6. The molecule has 0 saturated carbocycles. The number of thiophene rings is 1. The van der Waals surface area contributed by atoms with E-state index in [9.17, 15) is 0 Å². The highest BCUT2D eigenvalue weighted by molar-refractivity contribution is 7.26. The molecule has 0 N–H and O–H groups in total. The Morgan fingerprint density at radius 1 is 0.279 bits per heavy atom. The highest BCUT2D eigenvalue weighted by Gasteiger charge is 2.24. The van der Waals surface area contributed by atoms with E-state index >= 15 is 0 Å². The lowest BCUT2D eigenvalue weighted by Crippen LogP contribution is -1.93. The van der Waals surface area contributed by atoms with E-state index < -0.39 is 0 Å². The number of hydrogen-bond donors (Lipinski definition) is 0. The highest BCUT2D eigenvalue weighted by Crippen LogP contribution is 2.53. The van der Waals surface area contributed by atoms with Crippen LogP contribution in [-0.2, 0) is 0 Å². The van der Waals surface area contributed by atoms with E-state index in [0.29, 0.717) is 0 Å². The van der Waals surface area contributed by atoms with Gasteiger partial charge < -0.3 is 0 Å². The van der Waals surface area contributed by atoms with Crippen molar-refractivity contribution in [3.63, 3.8) is 0 Å². The maximum atomic E-state index is 2.39. The van der Waals surface area contributed by atoms with Crippen LogP contribution < -0.4 is 0 Å². The molecule has 0 fully saturated rings. The van der Waals surface area contributed by atoms with Crippen molar-refractivity contribution in [3.05, 3.63) is 146 Å². The van der Waals surface area contributed by atoms with E-state index in [1.165, 1.54) is 97.0 Å². The van der Waals surface area contributed by atoms with Crippen molar-refractivity contribution in [2.24, 2.45) is 0 Å². The fraction of sp³-hybridized carbons (Fsp3) is 0. The van der Waals surface area contributed by atoms with Crippen LogP contribution in [0.3, 0.4) is 0 Å². The van der Waals surface area contributed by atoms with Crippen LogP contribution in [0.4, 0.5) is 0 Å². The van der Waals surface area contributed by atoms with Gasteiger partial charge in [-0.15, -0.1) is 11.3 Å². The standard InChI is InChI=1S/C42H24S/c1-2-11-25(12-3-1)38-26-13-4-6-15-28(26)39(29-16-7-5-14-27(29)38)34-23-24-35-33-20-10-22-37-42(33)41-32(19-9-21-36(41)43-37)30-17-8-18-31(34)40(30)35/h1-24H. The van der Waals surface area contributed by atoms with E-state index in [1.54, 1.807) is 0 Å². The maximum absolute atomic E-state index is 2.39. The Morgan fingerprint density at radius 2 is 0.721 bits per heavy atom. The molecule has 43 heavy (non-hydrogen) atoms. The van der Waals surface area contributed by atoms with E-state index in [0.717, 1.165) is 0 Å². The molecule has 0 atom stereocenters. The van der Waals surface area contributed by atoms with Crippen LogP contribution in [0.2, 0.25) is 0 Å². The molecule has 0 radical (unpaired) electrons. The van der Waals surface area contributed by atoms with Gasteiger partial charge in [0.15, 0.2) is 0 Å². The molecule has 1 aliphatic carbocycles. The molecule has 1 heterocycles. The Bertz CT molecular complexity index is 2480. The second-order valence-electron chi connectivity index (χ2n) is 11.6. The number of benzene rings is 8. The first kappa shape index (κ1) is 23.3. The zero-order valence-corrected chi connectivity index (χ0v) is 24.1. The largest absolute Gasteiger partial charge is 0.135 e. The van der Waals surface area contributed by atoms with Crippen LogP contribution in [0.15, 0.2) is 146 Å². The van der Waals surface area contributed by atoms with Gasteiger partial charge in [0.2, 0.25) is 0 Å². The molecule has 0 unspecified atom stereocenters. The monoisotopic (exact) mass is 560 g/mol. The van der Waals surface area contributed by atoms with Crippen LogP contribution in [0.5, 0.6) is 0 Å². The molecule has 10 rings (SSSR count). The van der Waals surface area contributed by atoms with Gasteiger partial charge in [0.1, 0.15) is 0 Å². The molecule has 1 aromatic heterocycles. The zero-order chi connectivity index (χ0) is 28.1. The Morgan fingerprint density at radius 3 is 1.33 bits per heavy atom. The molecule has 1 aliphatic rings. The molecule has 198 valence electrons. The van der Waals surface area contributed by atoms with E-state index in [1.807, 2.05) is 11.3 Å². The smallest absolute Gasteiger partial charge is 0.0361 e. The summed E-state index contributed by atoms with van der Waals surface area (Å²) in [6.45, 7) is 0. The van der Waals surface area contributed by atoms with Crippen molar-refractivity contribution in [1.82, 2.24) is 0 Å². The molecular weight excluding hydrogens is 537 g/mol. The molecule has 0 saturated heterocycles. The van der Waals surface area contributed by atoms with Gasteiger partial charge in [0, 0.05) is 20.2 Å². The van der Waals surface area contributed by atoms with E-state index in [2.05, 4.69) is 146 Å². The molecule has 9 aromatic rings. The Balaban J connectivity index is 1.39. The van der Waals surface area contributed by atoms with Crippen molar-refractivity contribution < 1.29 is 0 Å². The first-order chi connectivity index (χ1) is 21.4. The lowest BCUT2D eigenvalue weighted by atomic mass is 9.83. The fourth-order valence-electron chi connectivity index (χ4n) is 7.72. The van der Waals surface area contributed by atoms with Crippen LogP contribution in [0.25, 0.3) is 97.0 Å². The van der Waals surface area contributed by atoms with E-state index in [4.69, 9.17) is 0 Å². The molecule has 0 bridgehead atoms. The van der Waals surface area contributed by atoms with Gasteiger partial charge in [-0.25, -0.2) is 0 Å². The molecule has 0 nitrogen and oxygen atoms in total. The van der Waals surface area contributed by atoms with Gasteiger partial charge in [0.05, 0.1) is 0 Å². The third kappa shape index (κ3) is 3.10. The second-order valence-corrected chi connectivity index (χ2v) is 12.6. The highest BCUT2D eigenvalue weighted by atomic mass is 32.1. The van der Waals surface area contributed by atoms with Crippen LogP contribution >= 0.6 is 11.3 Å². The third-order valence-corrected chi connectivity index (χ3v) is 10.5. The minimum atomic E-state index is 1.25. The summed E-state index contributed by atoms with van der Waals surface area (Å²) in [5.41, 5.74) is 10.5. The van der Waals surface area contributed by atoms with Gasteiger partial charge in [0.25, 0.3) is 0 Å². The molecule has 1 heteroatoms. The molecule has 0 spiro atoms. The van der Waals surface area contributed by atoms with E-state index in [-0.39, 0.29) is 0 Å². The minimum absolute atomic E-state index is 1.25. The topological polar surface area (TPSA) is 0 Å². The average Bonchev–Trinajstić information content (AvgIpc) is 3.40. The second kappa shape index (κ2) is 8.64. The van der Waals surface area contributed by atoms with Crippen LogP contribution in [0, 0.1) is 0 Å². The summed E-state index contributed by atoms with van der Waals surface area (Å²) in [6.07, 6.45) is 0. The summed E-state index contributed by atoms with van der Waals surface area (Å²) >= 11 is 1.91. The Kier molecular flexibility index (Phi) is 4.69. The Labute approximate surface area is 253 Å². The molecule has 0 amide bonds. The number of rotatable bonds is 2. The SMILES string of the molecule is c1ccc(-c2c3ccccc3c(-c3ccc4c5c(cccc35)-c3cccc5sc6cccc-4c6c35)c3ccccc23)cc1. The zero-order valence-electron chi connectivity index (χ0n) is 23.3. The van der Waals surface area contributed by atoms with Crippen molar-refractivity contribution in [2.45, 2.75) is 0 Å². The number of fused-ring (bicyclic) bond motifs is 4. The maximum Gasteiger partial charge on any atom is 0.0361 e. The summed E-state index contributed by atoms with van der Waals surface area (Å²) in [7, 11) is 0.